The van der Waals surface area contributed by atoms with Crippen LogP contribution in [0.25, 0.3) is 0 Å². The van der Waals surface area contributed by atoms with E-state index in [0.29, 0.717) is 15.3 Å². The number of rotatable bonds is 1. The minimum absolute atomic E-state index is 0.459. The van der Waals surface area contributed by atoms with Gasteiger partial charge < -0.3 is 0 Å². The molecule has 0 saturated heterocycles. The van der Waals surface area contributed by atoms with Crippen molar-refractivity contribution >= 4 is 37.0 Å². The molecule has 1 rings (SSSR count). The van der Waals surface area contributed by atoms with Gasteiger partial charge in [-0.05, 0) is 18.2 Å². The molecule has 0 aliphatic heterocycles. The zero-order valence-corrected chi connectivity index (χ0v) is 7.41. The van der Waals surface area contributed by atoms with Crippen molar-refractivity contribution in [1.82, 2.24) is 0 Å². The van der Waals surface area contributed by atoms with Gasteiger partial charge in [-0.1, -0.05) is 27.8 Å². The Balaban J connectivity index is 3.19. The van der Waals surface area contributed by atoms with E-state index in [9.17, 15) is 4.57 Å². The van der Waals surface area contributed by atoms with E-state index in [1.165, 1.54) is 0 Å². The summed E-state index contributed by atoms with van der Waals surface area (Å²) < 4.78 is 10.4. The van der Waals surface area contributed by atoms with Crippen LogP contribution in [-0.2, 0) is 4.57 Å². The summed E-state index contributed by atoms with van der Waals surface area (Å²) in [6, 6.07) is 4.88. The monoisotopic (exact) mass is 193 g/mol. The molecule has 0 bridgehead atoms. The third-order valence-electron chi connectivity index (χ3n) is 1.04. The lowest BCUT2D eigenvalue weighted by atomic mass is 10.4. The van der Waals surface area contributed by atoms with Gasteiger partial charge in [-0.15, -0.1) is 0 Å². The van der Waals surface area contributed by atoms with Crippen LogP contribution in [0.15, 0.2) is 18.2 Å². The van der Waals surface area contributed by atoms with Crippen molar-refractivity contribution in [2.24, 2.45) is 0 Å². The molecule has 1 nitrogen and oxygen atoms in total. The van der Waals surface area contributed by atoms with E-state index in [1.54, 1.807) is 18.2 Å². The van der Waals surface area contributed by atoms with E-state index in [4.69, 9.17) is 23.2 Å². The molecule has 0 spiro atoms. The summed E-state index contributed by atoms with van der Waals surface area (Å²) in [5.41, 5.74) is 0. The van der Waals surface area contributed by atoms with Crippen molar-refractivity contribution in [1.29, 1.82) is 0 Å². The molecular weight excluding hydrogens is 190 g/mol. The highest BCUT2D eigenvalue weighted by Gasteiger charge is 2.05. The molecule has 1 aromatic carbocycles. The molecule has 10 heavy (non-hydrogen) atoms. The minimum atomic E-state index is -0.515. The molecule has 0 heterocycles. The normalized spacial score (nSPS) is 10.2. The lowest BCUT2D eigenvalue weighted by Gasteiger charge is -1.88. The van der Waals surface area contributed by atoms with Crippen LogP contribution in [0.3, 0.4) is 0 Å². The highest BCUT2D eigenvalue weighted by atomic mass is 35.5. The molecule has 1 unspecified atom stereocenters. The summed E-state index contributed by atoms with van der Waals surface area (Å²) in [5.74, 6) is 0. The first-order valence-corrected chi connectivity index (χ1v) is 4.23. The van der Waals surface area contributed by atoms with Gasteiger partial charge in [0.15, 0.2) is 0 Å². The molecule has 1 aromatic rings. The maximum absolute atomic E-state index is 10.4. The van der Waals surface area contributed by atoms with Gasteiger partial charge in [-0.2, -0.15) is 0 Å². The van der Waals surface area contributed by atoms with E-state index in [-0.39, 0.29) is 0 Å². The molecule has 0 aliphatic rings. The Hall–Kier alpha value is -0.100. The first-order valence-electron chi connectivity index (χ1n) is 2.57. The number of benzene rings is 1. The summed E-state index contributed by atoms with van der Waals surface area (Å²) in [7, 11) is -0.515. The quantitative estimate of drug-likeness (QED) is 0.628. The Morgan fingerprint density at radius 3 is 2.50 bits per heavy atom. The largest absolute Gasteiger partial charge is 0.364 e. The van der Waals surface area contributed by atoms with Gasteiger partial charge in [0.05, 0.1) is 5.02 Å². The lowest BCUT2D eigenvalue weighted by molar-refractivity contribution is 0.603. The zero-order valence-electron chi connectivity index (χ0n) is 4.90. The molecule has 0 amide bonds. The van der Waals surface area contributed by atoms with Gasteiger partial charge >= 0.3 is 8.46 Å². The Morgan fingerprint density at radius 2 is 2.00 bits per heavy atom. The Labute approximate surface area is 70.2 Å². The fourth-order valence-corrected chi connectivity index (χ4v) is 1.42. The summed E-state index contributed by atoms with van der Waals surface area (Å²) in [5, 5.41) is 1.64. The van der Waals surface area contributed by atoms with Gasteiger partial charge in [-0.3, -0.25) is 0 Å². The van der Waals surface area contributed by atoms with Crippen molar-refractivity contribution < 1.29 is 4.57 Å². The van der Waals surface area contributed by atoms with E-state index in [1.807, 2.05) is 0 Å². The van der Waals surface area contributed by atoms with Crippen LogP contribution in [0.2, 0.25) is 10.0 Å². The Morgan fingerprint density at radius 1 is 1.30 bits per heavy atom. The van der Waals surface area contributed by atoms with E-state index < -0.39 is 8.46 Å². The first-order chi connectivity index (χ1) is 4.74. The highest BCUT2D eigenvalue weighted by molar-refractivity contribution is 7.34. The Bertz CT molecular complexity index is 262. The van der Waals surface area contributed by atoms with Crippen molar-refractivity contribution in [3.8, 4) is 0 Å². The van der Waals surface area contributed by atoms with Crippen molar-refractivity contribution in [3.63, 3.8) is 0 Å². The second kappa shape index (κ2) is 3.34. The average Bonchev–Trinajstić information content (AvgIpc) is 1.88. The number of hydrogen-bond acceptors (Lipinski definition) is 1. The van der Waals surface area contributed by atoms with E-state index >= 15 is 0 Å². The average molecular weight is 194 g/mol. The summed E-state index contributed by atoms with van der Waals surface area (Å²) in [4.78, 5) is 0. The summed E-state index contributed by atoms with van der Waals surface area (Å²) >= 11 is 11.2. The molecule has 0 aliphatic carbocycles. The van der Waals surface area contributed by atoms with E-state index in [0.717, 1.165) is 0 Å². The Kier molecular flexibility index (Phi) is 2.67. The molecule has 0 fully saturated rings. The van der Waals surface area contributed by atoms with Crippen LogP contribution in [0.1, 0.15) is 0 Å². The smallest absolute Gasteiger partial charge is 0.0843 e. The predicted octanol–water partition coefficient (Wildman–Crippen LogP) is 2.64. The topological polar surface area (TPSA) is 17.1 Å². The minimum Gasteiger partial charge on any atom is -0.0843 e. The second-order valence-electron chi connectivity index (χ2n) is 1.73. The van der Waals surface area contributed by atoms with Crippen LogP contribution in [0.4, 0.5) is 0 Å². The SMILES string of the molecule is O=[PH+]c1ccc(Cl)cc1Cl. The van der Waals surface area contributed by atoms with Crippen molar-refractivity contribution in [3.05, 3.63) is 28.2 Å². The fraction of sp³-hybridized carbons (Fsp3) is 0. The summed E-state index contributed by atoms with van der Waals surface area (Å²) in [6.45, 7) is 0. The van der Waals surface area contributed by atoms with E-state index in [2.05, 4.69) is 0 Å². The molecule has 1 atom stereocenters. The summed E-state index contributed by atoms with van der Waals surface area (Å²) in [6.07, 6.45) is 0. The van der Waals surface area contributed by atoms with Crippen LogP contribution < -0.4 is 5.30 Å². The van der Waals surface area contributed by atoms with Gasteiger partial charge in [0.1, 0.15) is 0 Å². The standard InChI is InChI=1S/C6H3Cl2OP/c7-4-1-2-6(10-9)5(8)3-4/h1-3H/p+1. The van der Waals surface area contributed by atoms with Gasteiger partial charge in [-0.25, -0.2) is 0 Å². The van der Waals surface area contributed by atoms with Gasteiger partial charge in [0.25, 0.3) is 0 Å². The van der Waals surface area contributed by atoms with Crippen LogP contribution in [0.5, 0.6) is 0 Å². The maximum atomic E-state index is 10.4. The number of hydrogen-bond donors (Lipinski definition) is 0. The third-order valence-corrected chi connectivity index (χ3v) is 2.40. The first kappa shape index (κ1) is 8.00. The highest BCUT2D eigenvalue weighted by Crippen LogP contribution is 2.16. The molecule has 4 heteroatoms. The third kappa shape index (κ3) is 1.69. The van der Waals surface area contributed by atoms with Crippen LogP contribution in [-0.4, -0.2) is 0 Å². The molecule has 0 radical (unpaired) electrons. The predicted molar refractivity (Wildman–Crippen MR) is 45.1 cm³/mol. The fourth-order valence-electron chi connectivity index (χ4n) is 0.572. The molecule has 0 N–H and O–H groups in total. The molecule has 0 saturated carbocycles. The number of halogens is 2. The molecule has 0 aromatic heterocycles. The van der Waals surface area contributed by atoms with Gasteiger partial charge in [0.2, 0.25) is 5.30 Å². The molecule has 52 valence electrons. The van der Waals surface area contributed by atoms with Crippen molar-refractivity contribution in [2.45, 2.75) is 0 Å². The lowest BCUT2D eigenvalue weighted by Crippen LogP contribution is -1.90. The molecular formula is C6H4Cl2OP+. The zero-order chi connectivity index (χ0) is 7.56. The second-order valence-corrected chi connectivity index (χ2v) is 3.31. The van der Waals surface area contributed by atoms with Crippen LogP contribution >= 0.6 is 31.7 Å². The van der Waals surface area contributed by atoms with Crippen LogP contribution in [0, 0.1) is 0 Å². The maximum Gasteiger partial charge on any atom is 0.364 e. The van der Waals surface area contributed by atoms with Gasteiger partial charge in [0, 0.05) is 5.02 Å². The van der Waals surface area contributed by atoms with Crippen molar-refractivity contribution in [2.75, 3.05) is 0 Å².